The standard InChI is InChI=1S/C21H39S/c1-16-14-17(2)21(18(3)15-16)22(19-10-6-4-7-11-19)20-12-8-5-9-13-20/h16-21H,4-15H2,1-3H3/q+1. The van der Waals surface area contributed by atoms with Crippen LogP contribution in [0.1, 0.15) is 97.8 Å². The molecule has 0 nitrogen and oxygen atoms in total. The van der Waals surface area contributed by atoms with Gasteiger partial charge in [0.05, 0.1) is 0 Å². The molecule has 3 saturated carbocycles. The van der Waals surface area contributed by atoms with Crippen LogP contribution < -0.4 is 0 Å². The summed E-state index contributed by atoms with van der Waals surface area (Å²) in [5.41, 5.74) is 0. The molecule has 3 aliphatic rings. The Morgan fingerprint density at radius 1 is 0.591 bits per heavy atom. The van der Waals surface area contributed by atoms with Crippen molar-refractivity contribution in [1.29, 1.82) is 0 Å². The average molecular weight is 324 g/mol. The van der Waals surface area contributed by atoms with Gasteiger partial charge in [-0.25, -0.2) is 0 Å². The highest BCUT2D eigenvalue weighted by Crippen LogP contribution is 2.45. The lowest BCUT2D eigenvalue weighted by Gasteiger charge is -2.43. The Bertz CT molecular complexity index is 297. The highest BCUT2D eigenvalue weighted by atomic mass is 32.2. The highest BCUT2D eigenvalue weighted by Gasteiger charge is 2.50. The van der Waals surface area contributed by atoms with Crippen LogP contribution >= 0.6 is 0 Å². The molecular formula is C21H39S+. The molecule has 0 aromatic carbocycles. The Labute approximate surface area is 142 Å². The predicted octanol–water partition coefficient (Wildman–Crippen LogP) is 6.34. The van der Waals surface area contributed by atoms with Crippen LogP contribution in [-0.4, -0.2) is 15.7 Å². The monoisotopic (exact) mass is 323 g/mol. The Morgan fingerprint density at radius 3 is 1.41 bits per heavy atom. The summed E-state index contributed by atoms with van der Waals surface area (Å²) in [7, 11) is 0.741. The first-order chi connectivity index (χ1) is 10.7. The molecule has 1 heteroatoms. The van der Waals surface area contributed by atoms with Gasteiger partial charge >= 0.3 is 0 Å². The SMILES string of the molecule is CC1CC(C)C([S+](C2CCCCC2)C2CCCCC2)C(C)C1. The molecule has 0 saturated heterocycles. The Morgan fingerprint density at radius 2 is 1.00 bits per heavy atom. The fourth-order valence-electron chi connectivity index (χ4n) is 6.12. The van der Waals surface area contributed by atoms with Gasteiger partial charge in [-0.05, 0) is 81.0 Å². The zero-order valence-corrected chi connectivity index (χ0v) is 16.2. The fourth-order valence-corrected chi connectivity index (χ4v) is 10.6. The van der Waals surface area contributed by atoms with Crippen LogP contribution in [0.25, 0.3) is 0 Å². The van der Waals surface area contributed by atoms with Gasteiger partial charge in [-0.15, -0.1) is 0 Å². The molecule has 0 aliphatic heterocycles. The smallest absolute Gasteiger partial charge is 0.0625 e. The zero-order valence-electron chi connectivity index (χ0n) is 15.4. The molecule has 3 aliphatic carbocycles. The molecule has 0 heterocycles. The molecule has 0 N–H and O–H groups in total. The van der Waals surface area contributed by atoms with Crippen molar-refractivity contribution in [3.63, 3.8) is 0 Å². The average Bonchev–Trinajstić information content (AvgIpc) is 2.52. The summed E-state index contributed by atoms with van der Waals surface area (Å²) in [5, 5.41) is 3.29. The number of hydrogen-bond donors (Lipinski definition) is 0. The normalized spacial score (nSPS) is 39.3. The van der Waals surface area contributed by atoms with Crippen molar-refractivity contribution in [3.8, 4) is 0 Å². The topological polar surface area (TPSA) is 0 Å². The third kappa shape index (κ3) is 3.87. The summed E-state index contributed by atoms with van der Waals surface area (Å²) in [6, 6.07) is 0. The van der Waals surface area contributed by atoms with Gasteiger partial charge in [0.15, 0.2) is 0 Å². The minimum absolute atomic E-state index is 0.741. The lowest BCUT2D eigenvalue weighted by Crippen LogP contribution is -2.50. The lowest BCUT2D eigenvalue weighted by atomic mass is 9.77. The van der Waals surface area contributed by atoms with Gasteiger partial charge in [-0.2, -0.15) is 0 Å². The van der Waals surface area contributed by atoms with Crippen molar-refractivity contribution in [2.75, 3.05) is 0 Å². The van der Waals surface area contributed by atoms with E-state index >= 15 is 0 Å². The van der Waals surface area contributed by atoms with Crippen LogP contribution in [0, 0.1) is 17.8 Å². The van der Waals surface area contributed by atoms with Gasteiger partial charge in [0.25, 0.3) is 0 Å². The minimum Gasteiger partial charge on any atom is -0.0625 e. The third-order valence-electron chi connectivity index (χ3n) is 6.86. The van der Waals surface area contributed by atoms with E-state index in [2.05, 4.69) is 20.8 Å². The Hall–Kier alpha value is 0.350. The quantitative estimate of drug-likeness (QED) is 0.531. The van der Waals surface area contributed by atoms with Gasteiger partial charge in [0.1, 0.15) is 15.7 Å². The molecule has 0 bridgehead atoms. The summed E-state index contributed by atoms with van der Waals surface area (Å²) in [5.74, 6) is 2.96. The first kappa shape index (κ1) is 17.2. The van der Waals surface area contributed by atoms with E-state index < -0.39 is 0 Å². The second-order valence-corrected chi connectivity index (χ2v) is 11.6. The largest absolute Gasteiger partial charge is 0.123 e. The maximum atomic E-state index is 2.61. The molecule has 128 valence electrons. The molecule has 0 amide bonds. The predicted molar refractivity (Wildman–Crippen MR) is 102 cm³/mol. The van der Waals surface area contributed by atoms with Crippen LogP contribution in [0.15, 0.2) is 0 Å². The van der Waals surface area contributed by atoms with Crippen molar-refractivity contribution in [1.82, 2.24) is 0 Å². The number of hydrogen-bond acceptors (Lipinski definition) is 0. The van der Waals surface area contributed by atoms with E-state index in [1.54, 1.807) is 25.7 Å². The number of rotatable bonds is 3. The molecule has 2 atom stereocenters. The van der Waals surface area contributed by atoms with Crippen LogP contribution in [-0.2, 0) is 10.9 Å². The summed E-state index contributed by atoms with van der Waals surface area (Å²) in [4.78, 5) is 0. The van der Waals surface area contributed by atoms with Gasteiger partial charge < -0.3 is 0 Å². The first-order valence-electron chi connectivity index (χ1n) is 10.4. The summed E-state index contributed by atoms with van der Waals surface area (Å²) in [6.45, 7) is 7.73. The van der Waals surface area contributed by atoms with Crippen LogP contribution in [0.2, 0.25) is 0 Å². The van der Waals surface area contributed by atoms with E-state index in [1.165, 1.54) is 51.4 Å². The maximum absolute atomic E-state index is 2.61. The van der Waals surface area contributed by atoms with Crippen molar-refractivity contribution >= 4 is 10.9 Å². The van der Waals surface area contributed by atoms with Crippen molar-refractivity contribution < 1.29 is 0 Å². The highest BCUT2D eigenvalue weighted by molar-refractivity contribution is 7.98. The third-order valence-corrected chi connectivity index (χ3v) is 10.9. The van der Waals surface area contributed by atoms with E-state index in [-0.39, 0.29) is 0 Å². The molecule has 0 radical (unpaired) electrons. The van der Waals surface area contributed by atoms with Crippen molar-refractivity contribution in [2.24, 2.45) is 17.8 Å². The van der Waals surface area contributed by atoms with Gasteiger partial charge in [-0.1, -0.05) is 33.6 Å². The molecule has 3 rings (SSSR count). The molecule has 3 fully saturated rings. The molecule has 22 heavy (non-hydrogen) atoms. The maximum Gasteiger partial charge on any atom is 0.123 e. The Balaban J connectivity index is 1.79. The van der Waals surface area contributed by atoms with Crippen LogP contribution in [0.5, 0.6) is 0 Å². The van der Waals surface area contributed by atoms with Crippen molar-refractivity contribution in [2.45, 2.75) is 114 Å². The first-order valence-corrected chi connectivity index (χ1v) is 11.8. The van der Waals surface area contributed by atoms with Gasteiger partial charge in [-0.3, -0.25) is 0 Å². The van der Waals surface area contributed by atoms with Crippen LogP contribution in [0.3, 0.4) is 0 Å². The van der Waals surface area contributed by atoms with Crippen molar-refractivity contribution in [3.05, 3.63) is 0 Å². The van der Waals surface area contributed by atoms with E-state index in [1.807, 2.05) is 0 Å². The van der Waals surface area contributed by atoms with E-state index in [0.717, 1.165) is 44.4 Å². The molecule has 2 unspecified atom stereocenters. The van der Waals surface area contributed by atoms with Crippen LogP contribution in [0.4, 0.5) is 0 Å². The van der Waals surface area contributed by atoms with E-state index in [0.29, 0.717) is 0 Å². The summed E-state index contributed by atoms with van der Waals surface area (Å²) >= 11 is 0. The van der Waals surface area contributed by atoms with E-state index in [4.69, 9.17) is 0 Å². The zero-order chi connectivity index (χ0) is 15.5. The molecule has 0 aromatic rings. The van der Waals surface area contributed by atoms with Gasteiger partial charge in [0, 0.05) is 11.8 Å². The summed E-state index contributed by atoms with van der Waals surface area (Å²) in [6.07, 6.45) is 18.5. The molecule has 0 spiro atoms. The summed E-state index contributed by atoms with van der Waals surface area (Å²) < 4.78 is 0. The lowest BCUT2D eigenvalue weighted by molar-refractivity contribution is 0.239. The van der Waals surface area contributed by atoms with Gasteiger partial charge in [0.2, 0.25) is 0 Å². The molecule has 0 aromatic heterocycles. The fraction of sp³-hybridized carbons (Fsp3) is 1.00. The minimum atomic E-state index is 0.741. The molecular weight excluding hydrogens is 284 g/mol. The van der Waals surface area contributed by atoms with E-state index in [9.17, 15) is 0 Å². The second-order valence-electron chi connectivity index (χ2n) is 8.92. The second kappa shape index (κ2) is 7.95. The Kier molecular flexibility index (Phi) is 6.21.